The number of halogens is 1. The molecule has 1 saturated heterocycles. The highest BCUT2D eigenvalue weighted by atomic mass is 35.5. The average Bonchev–Trinajstić information content (AvgIpc) is 2.29. The highest BCUT2D eigenvalue weighted by Crippen LogP contribution is 2.29. The maximum atomic E-state index is 6.11. The molecule has 0 spiro atoms. The summed E-state index contributed by atoms with van der Waals surface area (Å²) in [6.45, 7) is 2.25. The van der Waals surface area contributed by atoms with Crippen LogP contribution in [0, 0.1) is 0 Å². The van der Waals surface area contributed by atoms with E-state index in [1.165, 1.54) is 23.3 Å². The first-order chi connectivity index (χ1) is 7.29. The molecule has 1 aliphatic rings. The molecule has 1 nitrogen and oxygen atoms in total. The van der Waals surface area contributed by atoms with Crippen LogP contribution in [-0.4, -0.2) is 19.3 Å². The number of hydrogen-bond acceptors (Lipinski definition) is 2. The van der Waals surface area contributed by atoms with Gasteiger partial charge in [-0.05, 0) is 55.3 Å². The van der Waals surface area contributed by atoms with Gasteiger partial charge in [0.1, 0.15) is 0 Å². The third kappa shape index (κ3) is 2.90. The largest absolute Gasteiger partial charge is 0.316 e. The van der Waals surface area contributed by atoms with Crippen LogP contribution in [-0.2, 0) is 0 Å². The quantitative estimate of drug-likeness (QED) is 0.796. The fraction of sp³-hybridized carbons (Fsp3) is 0.500. The van der Waals surface area contributed by atoms with Gasteiger partial charge in [0.25, 0.3) is 0 Å². The average molecular weight is 242 g/mol. The summed E-state index contributed by atoms with van der Waals surface area (Å²) in [7, 11) is 0. The second-order valence-corrected chi connectivity index (χ2v) is 5.28. The van der Waals surface area contributed by atoms with Crippen LogP contribution in [0.15, 0.2) is 23.1 Å². The van der Waals surface area contributed by atoms with E-state index in [9.17, 15) is 0 Å². The number of thioether (sulfide) groups is 1. The van der Waals surface area contributed by atoms with Crippen molar-refractivity contribution >= 4 is 23.4 Å². The molecule has 1 aromatic carbocycles. The van der Waals surface area contributed by atoms with Gasteiger partial charge in [0.2, 0.25) is 0 Å². The Bertz CT molecular complexity index is 334. The first-order valence-electron chi connectivity index (χ1n) is 5.35. The number of benzene rings is 1. The van der Waals surface area contributed by atoms with Crippen molar-refractivity contribution in [3.63, 3.8) is 0 Å². The van der Waals surface area contributed by atoms with Gasteiger partial charge < -0.3 is 5.32 Å². The molecule has 0 aliphatic carbocycles. The second-order valence-electron chi connectivity index (χ2n) is 3.97. The molecule has 2 rings (SSSR count). The Morgan fingerprint density at radius 3 is 2.93 bits per heavy atom. The van der Waals surface area contributed by atoms with E-state index in [2.05, 4.69) is 23.7 Å². The summed E-state index contributed by atoms with van der Waals surface area (Å²) >= 11 is 7.87. The summed E-state index contributed by atoms with van der Waals surface area (Å²) in [6.07, 6.45) is 4.64. The molecule has 1 aromatic rings. The van der Waals surface area contributed by atoms with Crippen LogP contribution in [0.4, 0.5) is 0 Å². The molecule has 3 heteroatoms. The fourth-order valence-corrected chi connectivity index (χ4v) is 2.88. The molecule has 15 heavy (non-hydrogen) atoms. The van der Waals surface area contributed by atoms with Crippen LogP contribution in [0.25, 0.3) is 0 Å². The maximum absolute atomic E-state index is 6.11. The molecule has 1 N–H and O–H groups in total. The van der Waals surface area contributed by atoms with Crippen LogP contribution in [0.2, 0.25) is 5.02 Å². The zero-order valence-electron chi connectivity index (χ0n) is 8.92. The molecule has 82 valence electrons. The summed E-state index contributed by atoms with van der Waals surface area (Å²) in [4.78, 5) is 1.27. The van der Waals surface area contributed by atoms with Gasteiger partial charge in [-0.25, -0.2) is 0 Å². The highest BCUT2D eigenvalue weighted by Gasteiger charge is 2.15. The summed E-state index contributed by atoms with van der Waals surface area (Å²) in [5, 5.41) is 4.30. The minimum Gasteiger partial charge on any atom is -0.316 e. The van der Waals surface area contributed by atoms with Crippen LogP contribution < -0.4 is 5.32 Å². The third-order valence-corrected chi connectivity index (χ3v) is 3.82. The van der Waals surface area contributed by atoms with Gasteiger partial charge in [0.05, 0.1) is 0 Å². The SMILES string of the molecule is CSc1cc(Cl)cc(C2CCCNC2)c1. The molecular weight excluding hydrogens is 226 g/mol. The zero-order valence-corrected chi connectivity index (χ0v) is 10.5. The summed E-state index contributed by atoms with van der Waals surface area (Å²) < 4.78 is 0. The van der Waals surface area contributed by atoms with Gasteiger partial charge >= 0.3 is 0 Å². The molecular formula is C12H16ClNS. The van der Waals surface area contributed by atoms with E-state index in [0.717, 1.165) is 18.1 Å². The Morgan fingerprint density at radius 1 is 1.40 bits per heavy atom. The van der Waals surface area contributed by atoms with Crippen molar-refractivity contribution in [1.29, 1.82) is 0 Å². The molecule has 1 fully saturated rings. The van der Waals surface area contributed by atoms with E-state index >= 15 is 0 Å². The van der Waals surface area contributed by atoms with Crippen molar-refractivity contribution in [1.82, 2.24) is 5.32 Å². The minimum absolute atomic E-state index is 0.642. The lowest BCUT2D eigenvalue weighted by atomic mass is 9.92. The Morgan fingerprint density at radius 2 is 2.27 bits per heavy atom. The van der Waals surface area contributed by atoms with E-state index in [1.807, 2.05) is 6.07 Å². The Balaban J connectivity index is 2.22. The van der Waals surface area contributed by atoms with E-state index in [1.54, 1.807) is 11.8 Å². The van der Waals surface area contributed by atoms with E-state index < -0.39 is 0 Å². The van der Waals surface area contributed by atoms with Crippen LogP contribution in [0.3, 0.4) is 0 Å². The molecule has 0 saturated carbocycles. The van der Waals surface area contributed by atoms with Crippen molar-refractivity contribution in [2.24, 2.45) is 0 Å². The number of rotatable bonds is 2. The topological polar surface area (TPSA) is 12.0 Å². The van der Waals surface area contributed by atoms with Crippen molar-refractivity contribution in [2.75, 3.05) is 19.3 Å². The molecule has 0 radical (unpaired) electrons. The van der Waals surface area contributed by atoms with Crippen LogP contribution in [0.1, 0.15) is 24.3 Å². The molecule has 1 heterocycles. The maximum Gasteiger partial charge on any atom is 0.0419 e. The Kier molecular flexibility index (Phi) is 3.95. The van der Waals surface area contributed by atoms with Gasteiger partial charge in [-0.3, -0.25) is 0 Å². The summed E-state index contributed by atoms with van der Waals surface area (Å²) in [5.74, 6) is 0.642. The molecule has 1 unspecified atom stereocenters. The van der Waals surface area contributed by atoms with Crippen molar-refractivity contribution in [2.45, 2.75) is 23.7 Å². The third-order valence-electron chi connectivity index (χ3n) is 2.90. The van der Waals surface area contributed by atoms with Gasteiger partial charge in [0.15, 0.2) is 0 Å². The number of hydrogen-bond donors (Lipinski definition) is 1. The van der Waals surface area contributed by atoms with Crippen LogP contribution in [0.5, 0.6) is 0 Å². The second kappa shape index (κ2) is 5.24. The fourth-order valence-electron chi connectivity index (χ4n) is 2.07. The van der Waals surface area contributed by atoms with E-state index in [0.29, 0.717) is 5.92 Å². The predicted molar refractivity (Wildman–Crippen MR) is 68.1 cm³/mol. The van der Waals surface area contributed by atoms with E-state index in [4.69, 9.17) is 11.6 Å². The standard InChI is InChI=1S/C12H16ClNS/c1-15-12-6-10(5-11(13)7-12)9-3-2-4-14-8-9/h5-7,9,14H,2-4,8H2,1H3. The van der Waals surface area contributed by atoms with Crippen LogP contribution >= 0.6 is 23.4 Å². The van der Waals surface area contributed by atoms with Gasteiger partial charge in [-0.2, -0.15) is 0 Å². The highest BCUT2D eigenvalue weighted by molar-refractivity contribution is 7.98. The van der Waals surface area contributed by atoms with Gasteiger partial charge in [-0.15, -0.1) is 11.8 Å². The Hall–Kier alpha value is -0.180. The minimum atomic E-state index is 0.642. The lowest BCUT2D eigenvalue weighted by Crippen LogP contribution is -2.28. The molecule has 0 amide bonds. The lowest BCUT2D eigenvalue weighted by Gasteiger charge is -2.23. The Labute approximate surface area is 101 Å². The molecule has 0 bridgehead atoms. The first-order valence-corrected chi connectivity index (χ1v) is 6.95. The molecule has 0 aromatic heterocycles. The summed E-state index contributed by atoms with van der Waals surface area (Å²) in [5.41, 5.74) is 1.39. The lowest BCUT2D eigenvalue weighted by molar-refractivity contribution is 0.461. The number of piperidine rings is 1. The van der Waals surface area contributed by atoms with Crippen molar-refractivity contribution in [3.8, 4) is 0 Å². The normalized spacial score (nSPS) is 21.6. The van der Waals surface area contributed by atoms with E-state index in [-0.39, 0.29) is 0 Å². The van der Waals surface area contributed by atoms with Gasteiger partial charge in [-0.1, -0.05) is 11.6 Å². The van der Waals surface area contributed by atoms with Gasteiger partial charge in [0, 0.05) is 16.5 Å². The molecule has 1 aliphatic heterocycles. The smallest absolute Gasteiger partial charge is 0.0419 e. The van der Waals surface area contributed by atoms with Crippen molar-refractivity contribution in [3.05, 3.63) is 28.8 Å². The summed E-state index contributed by atoms with van der Waals surface area (Å²) in [6, 6.07) is 6.42. The zero-order chi connectivity index (χ0) is 10.7. The monoisotopic (exact) mass is 241 g/mol. The van der Waals surface area contributed by atoms with Crippen molar-refractivity contribution < 1.29 is 0 Å². The first kappa shape index (κ1) is 11.3. The number of nitrogens with one attached hydrogen (secondary N) is 1. The predicted octanol–water partition coefficient (Wildman–Crippen LogP) is 3.53. The molecule has 1 atom stereocenters.